The van der Waals surface area contributed by atoms with E-state index in [2.05, 4.69) is 33.9 Å². The summed E-state index contributed by atoms with van der Waals surface area (Å²) in [5.41, 5.74) is 5.87. The fraction of sp³-hybridized carbons (Fsp3) is 0.786. The van der Waals surface area contributed by atoms with Gasteiger partial charge in [0.15, 0.2) is 5.82 Å². The van der Waals surface area contributed by atoms with Gasteiger partial charge in [-0.3, -0.25) is 4.79 Å². The van der Waals surface area contributed by atoms with Gasteiger partial charge in [0.25, 0.3) is 0 Å². The van der Waals surface area contributed by atoms with E-state index in [0.717, 1.165) is 31.0 Å². The lowest BCUT2D eigenvalue weighted by Gasteiger charge is -2.14. The predicted octanol–water partition coefficient (Wildman–Crippen LogP) is 1.84. The van der Waals surface area contributed by atoms with Crippen molar-refractivity contribution in [3.8, 4) is 0 Å². The highest BCUT2D eigenvalue weighted by Gasteiger charge is 2.18. The maximum atomic E-state index is 11.9. The molecule has 2 rings (SSSR count). The molecular weight excluding hydrogens is 325 g/mol. The van der Waals surface area contributed by atoms with Crippen LogP contribution in [0.15, 0.2) is 0 Å². The number of nitrogens with zero attached hydrogens (tertiary/aromatic N) is 3. The van der Waals surface area contributed by atoms with Crippen LogP contribution in [-0.4, -0.2) is 26.7 Å². The first kappa shape index (κ1) is 21.1. The molecule has 0 saturated heterocycles. The summed E-state index contributed by atoms with van der Waals surface area (Å²) in [6.07, 6.45) is 5.23. The molecule has 3 N–H and O–H groups in total. The van der Waals surface area contributed by atoms with Crippen molar-refractivity contribution >= 4 is 30.7 Å². The Morgan fingerprint density at radius 1 is 1.27 bits per heavy atom. The molecule has 0 aromatic carbocycles. The first-order valence-electron chi connectivity index (χ1n) is 7.52. The van der Waals surface area contributed by atoms with E-state index in [1.54, 1.807) is 0 Å². The molecule has 0 fully saturated rings. The molecule has 1 aromatic rings. The average molecular weight is 352 g/mol. The summed E-state index contributed by atoms with van der Waals surface area (Å²) in [4.78, 5) is 11.9. The summed E-state index contributed by atoms with van der Waals surface area (Å²) >= 11 is 0. The van der Waals surface area contributed by atoms with Gasteiger partial charge in [-0.25, -0.2) is 0 Å². The van der Waals surface area contributed by atoms with Crippen molar-refractivity contribution in [2.24, 2.45) is 11.7 Å². The molecule has 0 unspecified atom stereocenters. The molecule has 128 valence electrons. The fourth-order valence-electron chi connectivity index (χ4n) is 2.59. The van der Waals surface area contributed by atoms with Crippen molar-refractivity contribution in [2.75, 3.05) is 0 Å². The van der Waals surface area contributed by atoms with Crippen molar-refractivity contribution in [1.82, 2.24) is 20.1 Å². The summed E-state index contributed by atoms with van der Waals surface area (Å²) in [7, 11) is 0. The third-order valence-corrected chi connectivity index (χ3v) is 3.67. The minimum absolute atomic E-state index is 0. The van der Waals surface area contributed by atoms with Crippen molar-refractivity contribution in [3.63, 3.8) is 0 Å². The minimum Gasteiger partial charge on any atom is -0.347 e. The number of hydrogen-bond donors (Lipinski definition) is 2. The van der Waals surface area contributed by atoms with Crippen LogP contribution in [-0.2, 0) is 24.3 Å². The van der Waals surface area contributed by atoms with Gasteiger partial charge in [0.1, 0.15) is 5.82 Å². The van der Waals surface area contributed by atoms with Crippen LogP contribution in [0.4, 0.5) is 0 Å². The fourth-order valence-corrected chi connectivity index (χ4v) is 2.59. The largest absolute Gasteiger partial charge is 0.347 e. The van der Waals surface area contributed by atoms with E-state index in [0.29, 0.717) is 18.9 Å². The molecule has 0 saturated carbocycles. The van der Waals surface area contributed by atoms with Crippen LogP contribution < -0.4 is 11.1 Å². The van der Waals surface area contributed by atoms with Crippen LogP contribution >= 0.6 is 24.8 Å². The second-order valence-electron chi connectivity index (χ2n) is 5.95. The van der Waals surface area contributed by atoms with E-state index < -0.39 is 6.04 Å². The Morgan fingerprint density at radius 2 is 2.00 bits per heavy atom. The smallest absolute Gasteiger partial charge is 0.237 e. The molecule has 1 aliphatic heterocycles. The number of aromatic nitrogens is 3. The van der Waals surface area contributed by atoms with Crippen LogP contribution in [0.3, 0.4) is 0 Å². The number of carbonyl (C=O) groups is 1. The lowest BCUT2D eigenvalue weighted by molar-refractivity contribution is -0.122. The number of rotatable bonds is 5. The maximum Gasteiger partial charge on any atom is 0.237 e. The molecular formula is C14H27Cl2N5O. The second kappa shape index (κ2) is 10.0. The van der Waals surface area contributed by atoms with Gasteiger partial charge in [0.05, 0.1) is 12.6 Å². The van der Waals surface area contributed by atoms with Gasteiger partial charge in [-0.1, -0.05) is 20.3 Å². The number of aryl methyl sites for hydroxylation is 1. The molecule has 1 atom stereocenters. The van der Waals surface area contributed by atoms with E-state index in [1.807, 2.05) is 0 Å². The molecule has 0 spiro atoms. The topological polar surface area (TPSA) is 85.8 Å². The van der Waals surface area contributed by atoms with Gasteiger partial charge in [0.2, 0.25) is 5.91 Å². The molecule has 8 heteroatoms. The third kappa shape index (κ3) is 5.74. The Kier molecular flexibility index (Phi) is 9.64. The van der Waals surface area contributed by atoms with E-state index in [-0.39, 0.29) is 30.7 Å². The minimum atomic E-state index is -0.443. The van der Waals surface area contributed by atoms with Crippen molar-refractivity contribution < 1.29 is 4.79 Å². The van der Waals surface area contributed by atoms with Gasteiger partial charge in [0, 0.05) is 13.0 Å². The maximum absolute atomic E-state index is 11.9. The molecule has 6 nitrogen and oxygen atoms in total. The first-order chi connectivity index (χ1) is 9.58. The zero-order valence-corrected chi connectivity index (χ0v) is 14.9. The van der Waals surface area contributed by atoms with Gasteiger partial charge in [-0.05, 0) is 25.2 Å². The number of nitrogens with one attached hydrogen (secondary N) is 1. The highest BCUT2D eigenvalue weighted by atomic mass is 35.5. The van der Waals surface area contributed by atoms with Crippen LogP contribution in [0.5, 0.6) is 0 Å². The Hall–Kier alpha value is -0.850. The second-order valence-corrected chi connectivity index (χ2v) is 5.95. The number of hydrogen-bond acceptors (Lipinski definition) is 4. The van der Waals surface area contributed by atoms with Gasteiger partial charge in [-0.15, -0.1) is 35.0 Å². The molecule has 22 heavy (non-hydrogen) atoms. The number of halogens is 2. The van der Waals surface area contributed by atoms with Crippen molar-refractivity contribution in [2.45, 2.75) is 65.1 Å². The monoisotopic (exact) mass is 351 g/mol. The average Bonchev–Trinajstić information content (AvgIpc) is 2.63. The molecule has 1 amide bonds. The first-order valence-corrected chi connectivity index (χ1v) is 7.52. The Morgan fingerprint density at radius 3 is 2.68 bits per heavy atom. The van der Waals surface area contributed by atoms with E-state index >= 15 is 0 Å². The molecule has 0 bridgehead atoms. The Balaban J connectivity index is 0.00000220. The highest BCUT2D eigenvalue weighted by molar-refractivity contribution is 5.85. The molecule has 1 aliphatic rings. The van der Waals surface area contributed by atoms with Crippen molar-refractivity contribution in [1.29, 1.82) is 0 Å². The van der Waals surface area contributed by atoms with Crippen LogP contribution in [0.2, 0.25) is 0 Å². The summed E-state index contributed by atoms with van der Waals surface area (Å²) < 4.78 is 2.14. The lowest BCUT2D eigenvalue weighted by atomic mass is 10.0. The molecule has 0 aliphatic carbocycles. The van der Waals surface area contributed by atoms with Gasteiger partial charge >= 0.3 is 0 Å². The number of fused-ring (bicyclic) bond motifs is 1. The summed E-state index contributed by atoms with van der Waals surface area (Å²) in [6.45, 7) is 5.49. The highest BCUT2D eigenvalue weighted by Crippen LogP contribution is 2.14. The van der Waals surface area contributed by atoms with Crippen LogP contribution in [0, 0.1) is 5.92 Å². The normalized spacial score (nSPS) is 15.1. The summed E-state index contributed by atoms with van der Waals surface area (Å²) in [5.74, 6) is 2.19. The number of carbonyl (C=O) groups excluding carboxylic acids is 1. The van der Waals surface area contributed by atoms with E-state index in [1.165, 1.54) is 12.8 Å². The molecule has 1 aromatic heterocycles. The molecule has 0 radical (unpaired) electrons. The van der Waals surface area contributed by atoms with Crippen LogP contribution in [0.25, 0.3) is 0 Å². The summed E-state index contributed by atoms with van der Waals surface area (Å²) in [6, 6.07) is -0.443. The molecule has 2 heterocycles. The number of amides is 1. The SMILES string of the molecule is CC(C)C[C@H](N)C(=O)NCc1nnc2n1CCCCC2.Cl.Cl. The zero-order valence-electron chi connectivity index (χ0n) is 13.2. The zero-order chi connectivity index (χ0) is 14.5. The van der Waals surface area contributed by atoms with E-state index in [9.17, 15) is 4.79 Å². The standard InChI is InChI=1S/C14H25N5O.2ClH/c1-10(2)8-11(15)14(20)16-9-13-18-17-12-6-4-3-5-7-19(12)13;;/h10-11H,3-9,15H2,1-2H3,(H,16,20);2*1H/t11-;;/m0../s1. The van der Waals surface area contributed by atoms with Gasteiger partial charge < -0.3 is 15.6 Å². The Bertz CT molecular complexity index is 464. The predicted molar refractivity (Wildman–Crippen MR) is 91.4 cm³/mol. The van der Waals surface area contributed by atoms with Crippen LogP contribution in [0.1, 0.15) is 51.2 Å². The summed E-state index contributed by atoms with van der Waals surface area (Å²) in [5, 5.41) is 11.3. The van der Waals surface area contributed by atoms with Gasteiger partial charge in [-0.2, -0.15) is 0 Å². The van der Waals surface area contributed by atoms with Crippen molar-refractivity contribution in [3.05, 3.63) is 11.6 Å². The Labute approximate surface area is 144 Å². The van der Waals surface area contributed by atoms with E-state index in [4.69, 9.17) is 5.73 Å². The third-order valence-electron chi connectivity index (χ3n) is 3.67. The quantitative estimate of drug-likeness (QED) is 0.847. The lowest BCUT2D eigenvalue weighted by Crippen LogP contribution is -2.41. The number of nitrogens with two attached hydrogens (primary N) is 1.